The molecule has 0 bridgehead atoms. The number of nitrogens with two attached hydrogens (primary N) is 1. The number of anilines is 1. The van der Waals surface area contributed by atoms with E-state index in [0.29, 0.717) is 0 Å². The molecule has 0 saturated carbocycles. The van der Waals surface area contributed by atoms with Crippen molar-refractivity contribution in [1.29, 1.82) is 0 Å². The van der Waals surface area contributed by atoms with Crippen LogP contribution < -0.4 is 5.73 Å². The molecule has 0 aliphatic carbocycles. The quantitative estimate of drug-likeness (QED) is 0.559. The van der Waals surface area contributed by atoms with Gasteiger partial charge in [0.15, 0.2) is 6.39 Å². The van der Waals surface area contributed by atoms with Crippen LogP contribution in [0.3, 0.4) is 0 Å². The number of nitrogens with zero attached hydrogens (tertiary/aromatic N) is 1. The van der Waals surface area contributed by atoms with E-state index in [1.807, 2.05) is 48.5 Å². The fourth-order valence-corrected chi connectivity index (χ4v) is 1.59. The van der Waals surface area contributed by atoms with Crippen LogP contribution in [-0.2, 0) is 0 Å². The average Bonchev–Trinajstić information content (AvgIpc) is 3.07. The first-order valence-corrected chi connectivity index (χ1v) is 6.26. The zero-order valence-corrected chi connectivity index (χ0v) is 11.0. The predicted octanol–water partition coefficient (Wildman–Crippen LogP) is 4.11. The summed E-state index contributed by atoms with van der Waals surface area (Å²) in [6.45, 7) is 0. The minimum absolute atomic E-state index is 0.810. The van der Waals surface area contributed by atoms with E-state index in [1.54, 1.807) is 6.20 Å². The van der Waals surface area contributed by atoms with Gasteiger partial charge in [0.25, 0.3) is 0 Å². The lowest BCUT2D eigenvalue weighted by molar-refractivity contribution is 0.558. The highest BCUT2D eigenvalue weighted by molar-refractivity contribution is 5.75. The van der Waals surface area contributed by atoms with Gasteiger partial charge in [0.05, 0.1) is 6.20 Å². The number of para-hydroxylation sites is 1. The Morgan fingerprint density at radius 3 is 2.25 bits per heavy atom. The molecule has 0 radical (unpaired) electrons. The highest BCUT2D eigenvalue weighted by Crippen LogP contribution is 2.14. The number of benzene rings is 2. The van der Waals surface area contributed by atoms with Gasteiger partial charge >= 0.3 is 0 Å². The number of nitrogen functional groups attached to an aromatic ring is 1. The second kappa shape index (κ2) is 7.59. The molecule has 1 aromatic heterocycles. The summed E-state index contributed by atoms with van der Waals surface area (Å²) in [7, 11) is 0. The highest BCUT2D eigenvalue weighted by atomic mass is 16.3. The van der Waals surface area contributed by atoms with Crippen LogP contribution >= 0.6 is 0 Å². The molecule has 3 rings (SSSR count). The third-order valence-electron chi connectivity index (χ3n) is 2.60. The summed E-state index contributed by atoms with van der Waals surface area (Å²) in [4.78, 5) is 3.56. The molecule has 2 aromatic carbocycles. The van der Waals surface area contributed by atoms with Crippen molar-refractivity contribution in [3.8, 4) is 0 Å². The molecule has 2 N–H and O–H groups in total. The molecule has 3 aromatic rings. The highest BCUT2D eigenvalue weighted by Gasteiger charge is 1.91. The van der Waals surface area contributed by atoms with Gasteiger partial charge in [-0.2, -0.15) is 0 Å². The minimum atomic E-state index is 0.810. The molecule has 3 heteroatoms. The molecule has 0 aliphatic heterocycles. The Hall–Kier alpha value is -2.81. The Bertz CT molecular complexity index is 614. The fraction of sp³-hybridized carbons (Fsp3) is 0. The number of hydrogen-bond acceptors (Lipinski definition) is 3. The summed E-state index contributed by atoms with van der Waals surface area (Å²) in [5.41, 5.74) is 8.88. The van der Waals surface area contributed by atoms with E-state index in [2.05, 4.69) is 27.6 Å². The first kappa shape index (κ1) is 13.6. The first-order chi connectivity index (χ1) is 9.86. The van der Waals surface area contributed by atoms with Gasteiger partial charge in [0, 0.05) is 5.69 Å². The second-order valence-electron chi connectivity index (χ2n) is 4.05. The van der Waals surface area contributed by atoms with Crippen molar-refractivity contribution in [3.05, 3.63) is 84.6 Å². The number of aromatic nitrogens is 1. The minimum Gasteiger partial charge on any atom is -0.452 e. The summed E-state index contributed by atoms with van der Waals surface area (Å²) in [6, 6.07) is 18.0. The predicted molar refractivity (Wildman–Crippen MR) is 82.7 cm³/mol. The van der Waals surface area contributed by atoms with Crippen LogP contribution in [0.5, 0.6) is 0 Å². The Kier molecular flexibility index (Phi) is 5.17. The van der Waals surface area contributed by atoms with E-state index in [0.717, 1.165) is 11.3 Å². The number of rotatable bonds is 2. The van der Waals surface area contributed by atoms with Gasteiger partial charge in [-0.25, -0.2) is 4.98 Å². The van der Waals surface area contributed by atoms with E-state index in [9.17, 15) is 0 Å². The summed E-state index contributed by atoms with van der Waals surface area (Å²) in [5, 5.41) is 0. The summed E-state index contributed by atoms with van der Waals surface area (Å²) < 4.78 is 4.47. The number of oxazole rings is 1. The Morgan fingerprint density at radius 1 is 0.900 bits per heavy atom. The fourth-order valence-electron chi connectivity index (χ4n) is 1.59. The van der Waals surface area contributed by atoms with Crippen LogP contribution in [0.1, 0.15) is 11.1 Å². The molecule has 3 nitrogen and oxygen atoms in total. The van der Waals surface area contributed by atoms with Crippen LogP contribution in [-0.4, -0.2) is 4.98 Å². The normalized spacial score (nSPS) is 10.0. The molecule has 100 valence electrons. The van der Waals surface area contributed by atoms with E-state index in [4.69, 9.17) is 5.73 Å². The van der Waals surface area contributed by atoms with E-state index in [-0.39, 0.29) is 0 Å². The van der Waals surface area contributed by atoms with E-state index in [1.165, 1.54) is 18.2 Å². The van der Waals surface area contributed by atoms with Crippen molar-refractivity contribution >= 4 is 17.8 Å². The van der Waals surface area contributed by atoms with Crippen LogP contribution in [0.25, 0.3) is 12.2 Å². The largest absolute Gasteiger partial charge is 0.452 e. The van der Waals surface area contributed by atoms with Crippen LogP contribution in [0, 0.1) is 0 Å². The maximum atomic E-state index is 5.83. The molecule has 0 amide bonds. The third-order valence-corrected chi connectivity index (χ3v) is 2.60. The first-order valence-electron chi connectivity index (χ1n) is 6.26. The average molecular weight is 264 g/mol. The second-order valence-corrected chi connectivity index (χ2v) is 4.05. The lowest BCUT2D eigenvalue weighted by Crippen LogP contribution is -1.87. The molecular formula is C17H16N2O. The lowest BCUT2D eigenvalue weighted by atomic mass is 10.1. The third kappa shape index (κ3) is 4.46. The summed E-state index contributed by atoms with van der Waals surface area (Å²) in [5.74, 6) is 0. The van der Waals surface area contributed by atoms with Crippen molar-refractivity contribution in [2.75, 3.05) is 5.73 Å². The molecule has 0 fully saturated rings. The molecule has 0 aliphatic rings. The van der Waals surface area contributed by atoms with Gasteiger partial charge in [-0.05, 0) is 17.2 Å². The van der Waals surface area contributed by atoms with Gasteiger partial charge in [-0.3, -0.25) is 0 Å². The zero-order chi connectivity index (χ0) is 14.0. The van der Waals surface area contributed by atoms with Gasteiger partial charge in [0.2, 0.25) is 0 Å². The molecule has 20 heavy (non-hydrogen) atoms. The van der Waals surface area contributed by atoms with Gasteiger partial charge in [-0.1, -0.05) is 60.7 Å². The Labute approximate surface area is 118 Å². The van der Waals surface area contributed by atoms with Crippen LogP contribution in [0.4, 0.5) is 5.69 Å². The van der Waals surface area contributed by atoms with Gasteiger partial charge in [0.1, 0.15) is 6.26 Å². The van der Waals surface area contributed by atoms with E-state index < -0.39 is 0 Å². The summed E-state index contributed by atoms with van der Waals surface area (Å²) >= 11 is 0. The molecule has 0 spiro atoms. The van der Waals surface area contributed by atoms with Crippen LogP contribution in [0.2, 0.25) is 0 Å². The van der Waals surface area contributed by atoms with Gasteiger partial charge < -0.3 is 10.2 Å². The molecule has 0 unspecified atom stereocenters. The maximum absolute atomic E-state index is 5.83. The molecule has 0 saturated heterocycles. The smallest absolute Gasteiger partial charge is 0.180 e. The monoisotopic (exact) mass is 264 g/mol. The molecule has 1 heterocycles. The Morgan fingerprint density at radius 2 is 1.65 bits per heavy atom. The van der Waals surface area contributed by atoms with Crippen molar-refractivity contribution in [2.24, 2.45) is 0 Å². The Balaban J connectivity index is 0.000000247. The molecule has 0 atom stereocenters. The van der Waals surface area contributed by atoms with E-state index >= 15 is 0 Å². The van der Waals surface area contributed by atoms with Crippen molar-refractivity contribution < 1.29 is 4.42 Å². The van der Waals surface area contributed by atoms with Crippen LogP contribution in [0.15, 0.2) is 77.9 Å². The van der Waals surface area contributed by atoms with Crippen molar-refractivity contribution in [1.82, 2.24) is 4.98 Å². The SMILES string of the molecule is Nc1ccccc1C=Cc1ccccc1.c1cocn1. The topological polar surface area (TPSA) is 52.0 Å². The summed E-state index contributed by atoms with van der Waals surface area (Å²) in [6.07, 6.45) is 8.57. The standard InChI is InChI=1S/C14H13N.C3H3NO/c15-14-9-5-4-8-13(14)11-10-12-6-2-1-3-7-12;1-2-5-3-4-1/h1-11H,15H2;1-3H. The van der Waals surface area contributed by atoms with Crippen molar-refractivity contribution in [2.45, 2.75) is 0 Å². The maximum Gasteiger partial charge on any atom is 0.180 e. The number of hydrogen-bond donors (Lipinski definition) is 1. The van der Waals surface area contributed by atoms with Gasteiger partial charge in [-0.15, -0.1) is 0 Å². The molecular weight excluding hydrogens is 248 g/mol. The van der Waals surface area contributed by atoms with Crippen molar-refractivity contribution in [3.63, 3.8) is 0 Å². The zero-order valence-electron chi connectivity index (χ0n) is 11.0. The lowest BCUT2D eigenvalue weighted by Gasteiger charge is -1.98.